The van der Waals surface area contributed by atoms with Crippen LogP contribution in [-0.4, -0.2) is 48.3 Å². The average molecular weight is 326 g/mol. The third-order valence-electron chi connectivity index (χ3n) is 3.81. The largest absolute Gasteiger partial charge is 0.379 e. The molecular weight excluding hydrogens is 310 g/mol. The summed E-state index contributed by atoms with van der Waals surface area (Å²) in [5.41, 5.74) is 0.331. The monoisotopic (exact) mass is 325 g/mol. The summed E-state index contributed by atoms with van der Waals surface area (Å²) in [7, 11) is 0. The lowest BCUT2D eigenvalue weighted by Crippen LogP contribution is -2.53. The summed E-state index contributed by atoms with van der Waals surface area (Å²) in [6.07, 6.45) is -0.149. The maximum Gasteiger partial charge on any atom is 0.296 e. The van der Waals surface area contributed by atoms with Gasteiger partial charge in [-0.15, -0.1) is 0 Å². The zero-order chi connectivity index (χ0) is 15.7. The van der Waals surface area contributed by atoms with E-state index in [1.165, 1.54) is 6.07 Å². The van der Waals surface area contributed by atoms with Crippen molar-refractivity contribution in [2.45, 2.75) is 19.1 Å². The number of nitrogens with zero attached hydrogens (tertiary/aromatic N) is 5. The molecule has 9 heteroatoms. The van der Waals surface area contributed by atoms with Crippen molar-refractivity contribution in [1.29, 1.82) is 0 Å². The summed E-state index contributed by atoms with van der Waals surface area (Å²) in [5, 5.41) is 21.6. The highest BCUT2D eigenvalue weighted by Gasteiger charge is 2.38. The number of benzene rings is 1. The zero-order valence-electron chi connectivity index (χ0n) is 12.1. The minimum absolute atomic E-state index is 0.0705. The standard InChI is InChI=1S/C13H16ClN5O3/c1-9-13(17-4-6-22-7-5-17)18(16-15-9)11-3-2-10(14)8-12(11)19(20)21/h2-3,8-9,13H,4-7H2,1H3. The van der Waals surface area contributed by atoms with Crippen LogP contribution in [0.2, 0.25) is 5.02 Å². The lowest BCUT2D eigenvalue weighted by Gasteiger charge is -2.37. The number of hydrogen-bond donors (Lipinski definition) is 0. The number of anilines is 1. The van der Waals surface area contributed by atoms with Crippen LogP contribution in [0.3, 0.4) is 0 Å². The molecule has 0 saturated carbocycles. The number of rotatable bonds is 3. The van der Waals surface area contributed by atoms with E-state index >= 15 is 0 Å². The minimum atomic E-state index is -0.448. The summed E-state index contributed by atoms with van der Waals surface area (Å²) in [6.45, 7) is 4.72. The third-order valence-corrected chi connectivity index (χ3v) is 4.05. The van der Waals surface area contributed by atoms with Crippen molar-refractivity contribution in [2.75, 3.05) is 31.3 Å². The van der Waals surface area contributed by atoms with Crippen molar-refractivity contribution in [3.05, 3.63) is 33.3 Å². The lowest BCUT2D eigenvalue weighted by atomic mass is 10.2. The highest BCUT2D eigenvalue weighted by atomic mass is 35.5. The summed E-state index contributed by atoms with van der Waals surface area (Å²) in [5.74, 6) is 0. The molecule has 1 fully saturated rings. The van der Waals surface area contributed by atoms with E-state index in [0.29, 0.717) is 23.9 Å². The van der Waals surface area contributed by atoms with Gasteiger partial charge in [0.15, 0.2) is 0 Å². The van der Waals surface area contributed by atoms with Gasteiger partial charge in [-0.25, -0.2) is 5.01 Å². The zero-order valence-corrected chi connectivity index (χ0v) is 12.8. The van der Waals surface area contributed by atoms with Crippen molar-refractivity contribution in [1.82, 2.24) is 4.90 Å². The minimum Gasteiger partial charge on any atom is -0.379 e. The molecule has 0 aromatic heterocycles. The van der Waals surface area contributed by atoms with Crippen LogP contribution in [-0.2, 0) is 4.74 Å². The molecule has 1 aromatic rings. The number of nitro groups is 1. The Hall–Kier alpha value is -1.77. The van der Waals surface area contributed by atoms with Crippen LogP contribution in [0.4, 0.5) is 11.4 Å². The van der Waals surface area contributed by atoms with Crippen LogP contribution in [0.5, 0.6) is 0 Å². The molecule has 0 amide bonds. The normalized spacial score (nSPS) is 25.6. The smallest absolute Gasteiger partial charge is 0.296 e. The second-order valence-electron chi connectivity index (χ2n) is 5.24. The second-order valence-corrected chi connectivity index (χ2v) is 5.68. The second kappa shape index (κ2) is 6.15. The molecule has 2 aliphatic rings. The molecule has 8 nitrogen and oxygen atoms in total. The maximum absolute atomic E-state index is 11.3. The fourth-order valence-corrected chi connectivity index (χ4v) is 2.95. The summed E-state index contributed by atoms with van der Waals surface area (Å²) >= 11 is 5.88. The van der Waals surface area contributed by atoms with Gasteiger partial charge in [0, 0.05) is 24.2 Å². The summed E-state index contributed by atoms with van der Waals surface area (Å²) < 4.78 is 5.37. The maximum atomic E-state index is 11.3. The Morgan fingerprint density at radius 3 is 2.82 bits per heavy atom. The van der Waals surface area contributed by atoms with Crippen LogP contribution < -0.4 is 5.01 Å². The summed E-state index contributed by atoms with van der Waals surface area (Å²) in [6, 6.07) is 4.50. The number of hydrogen-bond acceptors (Lipinski definition) is 7. The van der Waals surface area contributed by atoms with E-state index in [0.717, 1.165) is 13.1 Å². The third kappa shape index (κ3) is 2.77. The van der Waals surface area contributed by atoms with Crippen LogP contribution in [0, 0.1) is 10.1 Å². The molecule has 2 heterocycles. The van der Waals surface area contributed by atoms with Crippen LogP contribution >= 0.6 is 11.6 Å². The fraction of sp³-hybridized carbons (Fsp3) is 0.538. The molecule has 22 heavy (non-hydrogen) atoms. The first-order valence-electron chi connectivity index (χ1n) is 7.03. The molecule has 0 aliphatic carbocycles. The van der Waals surface area contributed by atoms with Crippen molar-refractivity contribution < 1.29 is 9.66 Å². The van der Waals surface area contributed by atoms with Crippen LogP contribution in [0.15, 0.2) is 28.5 Å². The van der Waals surface area contributed by atoms with E-state index < -0.39 is 4.92 Å². The van der Waals surface area contributed by atoms with Gasteiger partial charge < -0.3 is 4.74 Å². The fourth-order valence-electron chi connectivity index (χ4n) is 2.78. The first-order valence-corrected chi connectivity index (χ1v) is 7.41. The Bertz CT molecular complexity index is 605. The number of morpholine rings is 1. The Morgan fingerprint density at radius 2 is 2.14 bits per heavy atom. The van der Waals surface area contributed by atoms with Gasteiger partial charge >= 0.3 is 0 Å². The van der Waals surface area contributed by atoms with E-state index in [9.17, 15) is 10.1 Å². The van der Waals surface area contributed by atoms with E-state index in [1.807, 2.05) is 6.92 Å². The number of halogens is 1. The predicted molar refractivity (Wildman–Crippen MR) is 81.1 cm³/mol. The van der Waals surface area contributed by atoms with Gasteiger partial charge in [-0.1, -0.05) is 16.8 Å². The highest BCUT2D eigenvalue weighted by molar-refractivity contribution is 6.30. The highest BCUT2D eigenvalue weighted by Crippen LogP contribution is 2.36. The van der Waals surface area contributed by atoms with Crippen molar-refractivity contribution in [3.63, 3.8) is 0 Å². The molecule has 2 atom stereocenters. The molecule has 2 unspecified atom stereocenters. The molecular formula is C13H16ClN5O3. The van der Waals surface area contributed by atoms with Gasteiger partial charge in [0.1, 0.15) is 17.9 Å². The van der Waals surface area contributed by atoms with Crippen molar-refractivity contribution in [2.24, 2.45) is 10.3 Å². The quantitative estimate of drug-likeness (QED) is 0.629. The molecule has 0 radical (unpaired) electrons. The Kier molecular flexibility index (Phi) is 4.23. The molecule has 0 bridgehead atoms. The van der Waals surface area contributed by atoms with Crippen molar-refractivity contribution in [3.8, 4) is 0 Å². The first kappa shape index (κ1) is 15.1. The Balaban J connectivity index is 1.95. The van der Waals surface area contributed by atoms with Gasteiger partial charge in [0.05, 0.1) is 18.1 Å². The van der Waals surface area contributed by atoms with Gasteiger partial charge in [-0.2, -0.15) is 5.11 Å². The van der Waals surface area contributed by atoms with Gasteiger partial charge in [-0.05, 0) is 19.1 Å². The van der Waals surface area contributed by atoms with E-state index in [1.54, 1.807) is 17.1 Å². The number of ether oxygens (including phenoxy) is 1. The molecule has 1 aromatic carbocycles. The van der Waals surface area contributed by atoms with Crippen LogP contribution in [0.25, 0.3) is 0 Å². The molecule has 3 rings (SSSR count). The summed E-state index contributed by atoms with van der Waals surface area (Å²) in [4.78, 5) is 13.0. The van der Waals surface area contributed by atoms with Gasteiger partial charge in [-0.3, -0.25) is 15.0 Å². The molecule has 0 N–H and O–H groups in total. The molecule has 118 valence electrons. The molecule has 1 saturated heterocycles. The van der Waals surface area contributed by atoms with Gasteiger partial charge in [0.2, 0.25) is 0 Å². The topological polar surface area (TPSA) is 83.6 Å². The molecule has 0 spiro atoms. The number of nitro benzene ring substituents is 1. The van der Waals surface area contributed by atoms with Gasteiger partial charge in [0.25, 0.3) is 5.69 Å². The van der Waals surface area contributed by atoms with Crippen molar-refractivity contribution >= 4 is 23.0 Å². The first-order chi connectivity index (χ1) is 10.6. The van der Waals surface area contributed by atoms with E-state index in [2.05, 4.69) is 15.2 Å². The van der Waals surface area contributed by atoms with E-state index in [-0.39, 0.29) is 17.9 Å². The van der Waals surface area contributed by atoms with E-state index in [4.69, 9.17) is 16.3 Å². The Labute approximate surface area is 132 Å². The SMILES string of the molecule is CC1N=NN(c2ccc(Cl)cc2[N+](=O)[O-])C1N1CCOCC1. The lowest BCUT2D eigenvalue weighted by molar-refractivity contribution is -0.384. The Morgan fingerprint density at radius 1 is 1.41 bits per heavy atom. The molecule has 2 aliphatic heterocycles. The van der Waals surface area contributed by atoms with Crippen LogP contribution in [0.1, 0.15) is 6.92 Å². The average Bonchev–Trinajstić information content (AvgIpc) is 2.89. The predicted octanol–water partition coefficient (Wildman–Crippen LogP) is 2.48.